The highest BCUT2D eigenvalue weighted by Crippen LogP contribution is 2.34. The SMILES string of the molecule is CC(C)(C(=O)N[C@@H]1CCC[C@H](Nc2cc(C(F)(F)F)nc3ccccc23)C1)c1ccc(Cl)cc1. The number of halogens is 4. The lowest BCUT2D eigenvalue weighted by Crippen LogP contribution is -2.48. The van der Waals surface area contributed by atoms with Crippen LogP contribution in [0.15, 0.2) is 54.6 Å². The molecule has 1 heterocycles. The van der Waals surface area contributed by atoms with E-state index >= 15 is 0 Å². The minimum atomic E-state index is -4.53. The highest BCUT2D eigenvalue weighted by atomic mass is 35.5. The van der Waals surface area contributed by atoms with Crippen molar-refractivity contribution in [1.82, 2.24) is 10.3 Å². The molecular weight excluding hydrogens is 463 g/mol. The van der Waals surface area contributed by atoms with Gasteiger partial charge in [-0.05, 0) is 69.4 Å². The first-order valence-corrected chi connectivity index (χ1v) is 11.7. The van der Waals surface area contributed by atoms with Crippen molar-refractivity contribution in [2.45, 2.75) is 63.2 Å². The van der Waals surface area contributed by atoms with Gasteiger partial charge in [-0.25, -0.2) is 4.98 Å². The van der Waals surface area contributed by atoms with Crippen LogP contribution in [0.4, 0.5) is 18.9 Å². The van der Waals surface area contributed by atoms with Gasteiger partial charge in [0.15, 0.2) is 0 Å². The number of pyridine rings is 1. The third kappa shape index (κ3) is 5.30. The van der Waals surface area contributed by atoms with Crippen molar-refractivity contribution in [2.75, 3.05) is 5.32 Å². The Morgan fingerprint density at radius 1 is 1.03 bits per heavy atom. The van der Waals surface area contributed by atoms with E-state index in [-0.39, 0.29) is 18.0 Å². The second-order valence-corrected chi connectivity index (χ2v) is 9.82. The van der Waals surface area contributed by atoms with Crippen molar-refractivity contribution >= 4 is 34.1 Å². The van der Waals surface area contributed by atoms with Crippen molar-refractivity contribution in [3.8, 4) is 0 Å². The summed E-state index contributed by atoms with van der Waals surface area (Å²) in [5, 5.41) is 7.72. The second-order valence-electron chi connectivity index (χ2n) is 9.38. The van der Waals surface area contributed by atoms with Crippen LogP contribution in [0.25, 0.3) is 10.9 Å². The number of carbonyl (C=O) groups excluding carboxylic acids is 1. The van der Waals surface area contributed by atoms with E-state index in [1.165, 1.54) is 0 Å². The van der Waals surface area contributed by atoms with Crippen LogP contribution in [-0.2, 0) is 16.4 Å². The molecule has 3 aromatic rings. The van der Waals surface area contributed by atoms with E-state index in [1.54, 1.807) is 36.4 Å². The molecule has 1 fully saturated rings. The maximum atomic E-state index is 13.4. The quantitative estimate of drug-likeness (QED) is 0.418. The molecule has 180 valence electrons. The number of para-hydroxylation sites is 1. The molecular formula is C26H27ClF3N3O. The summed E-state index contributed by atoms with van der Waals surface area (Å²) in [4.78, 5) is 16.9. The van der Waals surface area contributed by atoms with Crippen LogP contribution in [0.5, 0.6) is 0 Å². The molecule has 0 aliphatic heterocycles. The first kappa shape index (κ1) is 24.3. The molecule has 2 N–H and O–H groups in total. The number of nitrogens with one attached hydrogen (secondary N) is 2. The van der Waals surface area contributed by atoms with Gasteiger partial charge in [-0.3, -0.25) is 4.79 Å². The normalized spacial score (nSPS) is 19.1. The van der Waals surface area contributed by atoms with E-state index in [1.807, 2.05) is 26.0 Å². The van der Waals surface area contributed by atoms with Crippen molar-refractivity contribution in [3.63, 3.8) is 0 Å². The Kier molecular flexibility index (Phi) is 6.76. The highest BCUT2D eigenvalue weighted by molar-refractivity contribution is 6.30. The Morgan fingerprint density at radius 2 is 1.71 bits per heavy atom. The van der Waals surface area contributed by atoms with Crippen molar-refractivity contribution in [1.29, 1.82) is 0 Å². The lowest BCUT2D eigenvalue weighted by molar-refractivity contribution is -0.140. The summed E-state index contributed by atoms with van der Waals surface area (Å²) in [6, 6.07) is 15.0. The van der Waals surface area contributed by atoms with Crippen molar-refractivity contribution < 1.29 is 18.0 Å². The number of carbonyl (C=O) groups is 1. The Hall–Kier alpha value is -2.80. The minimum Gasteiger partial charge on any atom is -0.382 e. The molecule has 1 amide bonds. The largest absolute Gasteiger partial charge is 0.433 e. The van der Waals surface area contributed by atoms with Gasteiger partial charge >= 0.3 is 6.18 Å². The van der Waals surface area contributed by atoms with E-state index in [4.69, 9.17) is 11.6 Å². The summed E-state index contributed by atoms with van der Waals surface area (Å²) in [6.45, 7) is 3.73. The maximum absolute atomic E-state index is 13.4. The Labute approximate surface area is 201 Å². The summed E-state index contributed by atoms with van der Waals surface area (Å²) in [5.74, 6) is -0.0887. The molecule has 1 saturated carbocycles. The first-order chi connectivity index (χ1) is 16.0. The molecule has 2 aromatic carbocycles. The zero-order valence-corrected chi connectivity index (χ0v) is 19.8. The number of amides is 1. The number of anilines is 1. The summed E-state index contributed by atoms with van der Waals surface area (Å²) in [5.41, 5.74) is -0.0862. The number of fused-ring (bicyclic) bond motifs is 1. The zero-order valence-electron chi connectivity index (χ0n) is 19.0. The number of aromatic nitrogens is 1. The van der Waals surface area contributed by atoms with Gasteiger partial charge in [0.1, 0.15) is 5.69 Å². The molecule has 8 heteroatoms. The molecule has 0 radical (unpaired) electrons. The van der Waals surface area contributed by atoms with E-state index < -0.39 is 17.3 Å². The van der Waals surface area contributed by atoms with Gasteiger partial charge in [0, 0.05) is 28.2 Å². The Balaban J connectivity index is 1.49. The number of hydrogen-bond donors (Lipinski definition) is 2. The minimum absolute atomic E-state index is 0.0652. The molecule has 4 rings (SSSR count). The number of alkyl halides is 3. The van der Waals surface area contributed by atoms with Gasteiger partial charge < -0.3 is 10.6 Å². The fourth-order valence-electron chi connectivity index (χ4n) is 4.48. The fraction of sp³-hybridized carbons (Fsp3) is 0.385. The molecule has 4 nitrogen and oxygen atoms in total. The molecule has 0 bridgehead atoms. The predicted molar refractivity (Wildman–Crippen MR) is 129 cm³/mol. The van der Waals surface area contributed by atoms with Crippen LogP contribution in [0.2, 0.25) is 5.02 Å². The van der Waals surface area contributed by atoms with Gasteiger partial charge in [-0.2, -0.15) is 13.2 Å². The molecule has 1 aliphatic carbocycles. The number of nitrogens with zero attached hydrogens (tertiary/aromatic N) is 1. The van der Waals surface area contributed by atoms with Gasteiger partial charge in [0.25, 0.3) is 0 Å². The van der Waals surface area contributed by atoms with Crippen LogP contribution in [0.3, 0.4) is 0 Å². The van der Waals surface area contributed by atoms with Gasteiger partial charge in [-0.15, -0.1) is 0 Å². The zero-order chi connectivity index (χ0) is 24.5. The fourth-order valence-corrected chi connectivity index (χ4v) is 4.60. The van der Waals surface area contributed by atoms with Gasteiger partial charge in [0.2, 0.25) is 5.91 Å². The molecule has 0 unspecified atom stereocenters. The van der Waals surface area contributed by atoms with Crippen molar-refractivity contribution in [2.24, 2.45) is 0 Å². The molecule has 2 atom stereocenters. The summed E-state index contributed by atoms with van der Waals surface area (Å²) in [7, 11) is 0. The van der Waals surface area contributed by atoms with E-state index in [0.29, 0.717) is 28.0 Å². The predicted octanol–water partition coefficient (Wildman–Crippen LogP) is 6.72. The number of benzene rings is 2. The van der Waals surface area contributed by atoms with Crippen LogP contribution >= 0.6 is 11.6 Å². The summed E-state index contributed by atoms with van der Waals surface area (Å²) < 4.78 is 40.2. The third-order valence-electron chi connectivity index (χ3n) is 6.51. The van der Waals surface area contributed by atoms with Crippen LogP contribution in [-0.4, -0.2) is 23.0 Å². The van der Waals surface area contributed by atoms with Crippen LogP contribution in [0.1, 0.15) is 50.8 Å². The Morgan fingerprint density at radius 3 is 2.41 bits per heavy atom. The van der Waals surface area contributed by atoms with Crippen LogP contribution in [0, 0.1) is 0 Å². The monoisotopic (exact) mass is 489 g/mol. The van der Waals surface area contributed by atoms with E-state index in [2.05, 4.69) is 15.6 Å². The maximum Gasteiger partial charge on any atom is 0.433 e. The standard InChI is InChI=1S/C26H27ClF3N3O/c1-25(2,16-10-12-17(27)13-11-16)24(34)32-19-7-5-6-18(14-19)31-22-15-23(26(28,29)30)33-21-9-4-3-8-20(21)22/h3-4,8-13,15,18-19H,5-7,14H2,1-2H3,(H,31,33)(H,32,34)/t18-,19+/m0/s1. The smallest absolute Gasteiger partial charge is 0.382 e. The van der Waals surface area contributed by atoms with Gasteiger partial charge in [0.05, 0.1) is 10.9 Å². The Bertz CT molecular complexity index is 1180. The first-order valence-electron chi connectivity index (χ1n) is 11.3. The highest BCUT2D eigenvalue weighted by Gasteiger charge is 2.35. The summed E-state index contributed by atoms with van der Waals surface area (Å²) >= 11 is 5.98. The molecule has 1 aromatic heterocycles. The van der Waals surface area contributed by atoms with E-state index in [9.17, 15) is 18.0 Å². The average molecular weight is 490 g/mol. The molecule has 0 spiro atoms. The lowest BCUT2D eigenvalue weighted by Gasteiger charge is -2.34. The molecule has 0 saturated heterocycles. The average Bonchev–Trinajstić information content (AvgIpc) is 2.79. The van der Waals surface area contributed by atoms with Gasteiger partial charge in [-0.1, -0.05) is 41.9 Å². The lowest BCUT2D eigenvalue weighted by atomic mass is 9.82. The number of hydrogen-bond acceptors (Lipinski definition) is 3. The van der Waals surface area contributed by atoms with Crippen molar-refractivity contribution in [3.05, 3.63) is 70.9 Å². The third-order valence-corrected chi connectivity index (χ3v) is 6.76. The van der Waals surface area contributed by atoms with E-state index in [0.717, 1.165) is 30.9 Å². The summed E-state index contributed by atoms with van der Waals surface area (Å²) in [6.07, 6.45) is -1.41. The topological polar surface area (TPSA) is 54.0 Å². The molecule has 34 heavy (non-hydrogen) atoms. The number of rotatable bonds is 5. The second kappa shape index (κ2) is 9.45. The molecule has 1 aliphatic rings. The van der Waals surface area contributed by atoms with Crippen LogP contribution < -0.4 is 10.6 Å².